The predicted octanol–water partition coefficient (Wildman–Crippen LogP) is 1.79. The fraction of sp³-hybridized carbons (Fsp3) is 0.368. The molecule has 0 radical (unpaired) electrons. The summed E-state index contributed by atoms with van der Waals surface area (Å²) in [5.74, 6) is -4.65. The van der Waals surface area contributed by atoms with Gasteiger partial charge in [-0.3, -0.25) is 24.1 Å². The number of esters is 1. The monoisotopic (exact) mass is 392 g/mol. The Morgan fingerprint density at radius 2 is 1.75 bits per heavy atom. The van der Waals surface area contributed by atoms with Crippen LogP contribution in [0.3, 0.4) is 0 Å². The summed E-state index contributed by atoms with van der Waals surface area (Å²) in [6.45, 7) is -0.787. The highest BCUT2D eigenvalue weighted by Crippen LogP contribution is 2.35. The van der Waals surface area contributed by atoms with Crippen molar-refractivity contribution < 1.29 is 32.7 Å². The first-order chi connectivity index (χ1) is 13.4. The summed E-state index contributed by atoms with van der Waals surface area (Å²) in [7, 11) is 0. The van der Waals surface area contributed by atoms with Crippen LogP contribution in [0, 0.1) is 23.5 Å². The van der Waals surface area contributed by atoms with Gasteiger partial charge in [0.25, 0.3) is 5.91 Å². The molecule has 1 heterocycles. The zero-order chi connectivity index (χ0) is 20.3. The van der Waals surface area contributed by atoms with Gasteiger partial charge in [0.05, 0.1) is 23.9 Å². The number of nitrogens with zero attached hydrogens (tertiary/aromatic N) is 1. The number of carbonyl (C=O) groups excluding carboxylic acids is 4. The van der Waals surface area contributed by atoms with Gasteiger partial charge in [0.2, 0.25) is 11.8 Å². The van der Waals surface area contributed by atoms with Crippen LogP contribution in [-0.4, -0.2) is 41.7 Å². The highest BCUT2D eigenvalue weighted by Gasteiger charge is 2.46. The van der Waals surface area contributed by atoms with E-state index in [9.17, 15) is 28.0 Å². The molecule has 0 spiro atoms. The highest BCUT2D eigenvalue weighted by molar-refractivity contribution is 6.05. The maximum absolute atomic E-state index is 13.5. The van der Waals surface area contributed by atoms with Gasteiger partial charge < -0.3 is 10.1 Å². The summed E-state index contributed by atoms with van der Waals surface area (Å²) in [5, 5.41) is 2.15. The largest absolute Gasteiger partial charge is 0.456 e. The second kappa shape index (κ2) is 8.28. The Hall–Kier alpha value is -3.10. The van der Waals surface area contributed by atoms with E-state index in [0.29, 0.717) is 18.9 Å². The van der Waals surface area contributed by atoms with Gasteiger partial charge in [-0.15, -0.1) is 0 Å². The van der Waals surface area contributed by atoms with E-state index >= 15 is 0 Å². The first kappa shape index (κ1) is 19.7. The third kappa shape index (κ3) is 4.24. The summed E-state index contributed by atoms with van der Waals surface area (Å²) in [5.41, 5.74) is -0.244. The number of rotatable bonds is 6. The number of allylic oxidation sites excluding steroid dienone is 2. The molecule has 148 valence electrons. The number of carbonyl (C=O) groups is 4. The molecule has 2 aliphatic rings. The first-order valence-corrected chi connectivity index (χ1v) is 8.77. The Kier molecular flexibility index (Phi) is 5.81. The fourth-order valence-corrected chi connectivity index (χ4v) is 3.29. The van der Waals surface area contributed by atoms with Gasteiger partial charge in [0.1, 0.15) is 11.6 Å². The Bertz CT molecular complexity index is 829. The third-order valence-electron chi connectivity index (χ3n) is 4.71. The van der Waals surface area contributed by atoms with E-state index < -0.39 is 30.1 Å². The van der Waals surface area contributed by atoms with Crippen LogP contribution in [0.1, 0.15) is 19.3 Å². The molecule has 28 heavy (non-hydrogen) atoms. The molecular formula is C19H18F2N2O5. The van der Waals surface area contributed by atoms with Crippen LogP contribution in [0.5, 0.6) is 0 Å². The fourth-order valence-electron chi connectivity index (χ4n) is 3.29. The van der Waals surface area contributed by atoms with Crippen molar-refractivity contribution in [3.8, 4) is 0 Å². The quantitative estimate of drug-likeness (QED) is 0.453. The number of benzene rings is 1. The minimum Gasteiger partial charge on any atom is -0.456 e. The molecule has 1 aromatic rings. The number of likely N-dealkylation sites (tertiary alicyclic amines) is 1. The Labute approximate surface area is 159 Å². The van der Waals surface area contributed by atoms with Crippen molar-refractivity contribution in [2.24, 2.45) is 11.8 Å². The number of halogens is 2. The molecule has 3 amide bonds. The van der Waals surface area contributed by atoms with E-state index in [4.69, 9.17) is 4.74 Å². The molecule has 1 fully saturated rings. The number of hydrogen-bond donors (Lipinski definition) is 1. The van der Waals surface area contributed by atoms with Crippen LogP contribution < -0.4 is 5.32 Å². The SMILES string of the molecule is O=C(COC(=O)CCN1C(=O)[C@H]2CC=CC[C@@H]2C1=O)Nc1ccc(F)cc1F. The van der Waals surface area contributed by atoms with E-state index in [0.717, 1.165) is 17.0 Å². The van der Waals surface area contributed by atoms with E-state index in [-0.39, 0.29) is 42.3 Å². The Morgan fingerprint density at radius 3 is 2.36 bits per heavy atom. The van der Waals surface area contributed by atoms with Crippen LogP contribution >= 0.6 is 0 Å². The van der Waals surface area contributed by atoms with Gasteiger partial charge in [-0.1, -0.05) is 12.2 Å². The Balaban J connectivity index is 1.44. The topological polar surface area (TPSA) is 92.8 Å². The lowest BCUT2D eigenvalue weighted by Gasteiger charge is -2.14. The second-order valence-electron chi connectivity index (χ2n) is 6.57. The number of nitrogens with one attached hydrogen (secondary N) is 1. The molecule has 7 nitrogen and oxygen atoms in total. The first-order valence-electron chi connectivity index (χ1n) is 8.77. The van der Waals surface area contributed by atoms with E-state index in [1.54, 1.807) is 0 Å². The van der Waals surface area contributed by atoms with Crippen molar-refractivity contribution >= 4 is 29.4 Å². The predicted molar refractivity (Wildman–Crippen MR) is 92.6 cm³/mol. The van der Waals surface area contributed by atoms with Crippen molar-refractivity contribution in [2.75, 3.05) is 18.5 Å². The molecule has 1 saturated heterocycles. The molecule has 1 N–H and O–H groups in total. The summed E-state index contributed by atoms with van der Waals surface area (Å²) in [6.07, 6.45) is 4.51. The van der Waals surface area contributed by atoms with Gasteiger partial charge in [0, 0.05) is 12.6 Å². The van der Waals surface area contributed by atoms with Gasteiger partial charge in [0.15, 0.2) is 6.61 Å². The number of ether oxygens (including phenoxy) is 1. The standard InChI is InChI=1S/C19H18F2N2O5/c20-11-5-6-15(14(21)9-11)22-16(24)10-28-17(25)7-8-23-18(26)12-3-1-2-4-13(12)19(23)27/h1-2,5-6,9,12-13H,3-4,7-8,10H2,(H,22,24)/t12-,13-/m0/s1. The number of hydrogen-bond acceptors (Lipinski definition) is 5. The maximum Gasteiger partial charge on any atom is 0.308 e. The number of imide groups is 1. The minimum absolute atomic E-state index is 0.113. The molecular weight excluding hydrogens is 374 g/mol. The zero-order valence-corrected chi connectivity index (χ0v) is 14.8. The molecule has 0 unspecified atom stereocenters. The number of fused-ring (bicyclic) bond motifs is 1. The summed E-state index contributed by atoms with van der Waals surface area (Å²) >= 11 is 0. The van der Waals surface area contributed by atoms with Crippen molar-refractivity contribution in [2.45, 2.75) is 19.3 Å². The molecule has 9 heteroatoms. The van der Waals surface area contributed by atoms with Gasteiger partial charge in [-0.2, -0.15) is 0 Å². The van der Waals surface area contributed by atoms with Crippen molar-refractivity contribution in [3.05, 3.63) is 42.0 Å². The molecule has 1 aliphatic carbocycles. The highest BCUT2D eigenvalue weighted by atomic mass is 19.1. The molecule has 1 aromatic carbocycles. The minimum atomic E-state index is -0.957. The molecule has 0 bridgehead atoms. The lowest BCUT2D eigenvalue weighted by Crippen LogP contribution is -2.33. The average molecular weight is 392 g/mol. The normalized spacial score (nSPS) is 20.9. The number of anilines is 1. The summed E-state index contributed by atoms with van der Waals surface area (Å²) in [4.78, 5) is 49.2. The van der Waals surface area contributed by atoms with E-state index in [2.05, 4.69) is 5.32 Å². The van der Waals surface area contributed by atoms with Crippen LogP contribution in [0.4, 0.5) is 14.5 Å². The van der Waals surface area contributed by atoms with Crippen molar-refractivity contribution in [3.63, 3.8) is 0 Å². The van der Waals surface area contributed by atoms with Gasteiger partial charge in [-0.25, -0.2) is 8.78 Å². The molecule has 3 rings (SSSR count). The molecule has 0 aromatic heterocycles. The second-order valence-corrected chi connectivity index (χ2v) is 6.57. The molecule has 0 saturated carbocycles. The van der Waals surface area contributed by atoms with Crippen LogP contribution in [0.2, 0.25) is 0 Å². The van der Waals surface area contributed by atoms with Crippen molar-refractivity contribution in [1.82, 2.24) is 4.90 Å². The summed E-state index contributed by atoms with van der Waals surface area (Å²) < 4.78 is 31.1. The van der Waals surface area contributed by atoms with Gasteiger partial charge in [-0.05, 0) is 25.0 Å². The van der Waals surface area contributed by atoms with Crippen LogP contribution in [-0.2, 0) is 23.9 Å². The van der Waals surface area contributed by atoms with Crippen LogP contribution in [0.15, 0.2) is 30.4 Å². The smallest absolute Gasteiger partial charge is 0.308 e. The molecule has 1 aliphatic heterocycles. The lowest BCUT2D eigenvalue weighted by atomic mass is 9.85. The molecule has 2 atom stereocenters. The zero-order valence-electron chi connectivity index (χ0n) is 14.8. The van der Waals surface area contributed by atoms with Crippen molar-refractivity contribution in [1.29, 1.82) is 0 Å². The average Bonchev–Trinajstić information content (AvgIpc) is 2.91. The van der Waals surface area contributed by atoms with Gasteiger partial charge >= 0.3 is 5.97 Å². The number of amides is 3. The van der Waals surface area contributed by atoms with E-state index in [1.807, 2.05) is 12.2 Å². The maximum atomic E-state index is 13.5. The lowest BCUT2D eigenvalue weighted by molar-refractivity contribution is -0.148. The van der Waals surface area contributed by atoms with Crippen LogP contribution in [0.25, 0.3) is 0 Å². The third-order valence-corrected chi connectivity index (χ3v) is 4.71. The Morgan fingerprint density at radius 1 is 1.11 bits per heavy atom. The van der Waals surface area contributed by atoms with E-state index in [1.165, 1.54) is 0 Å². The summed E-state index contributed by atoms with van der Waals surface area (Å²) in [6, 6.07) is 2.63.